The van der Waals surface area contributed by atoms with E-state index in [1.807, 2.05) is 0 Å². The van der Waals surface area contributed by atoms with Crippen molar-refractivity contribution in [2.24, 2.45) is 0 Å². The van der Waals surface area contributed by atoms with Crippen LogP contribution in [0.5, 0.6) is 0 Å². The highest BCUT2D eigenvalue weighted by molar-refractivity contribution is 7.91. The number of carboxylic acid groups (broad SMARTS) is 1. The molecule has 0 saturated heterocycles. The number of carbonyl (C=O) groups is 1. The van der Waals surface area contributed by atoms with Crippen LogP contribution in [0, 0.1) is 0 Å². The van der Waals surface area contributed by atoms with Crippen LogP contribution < -0.4 is 5.56 Å². The second-order valence-corrected chi connectivity index (χ2v) is 6.15. The number of aryl methyl sites for hydroxylation is 1. The van der Waals surface area contributed by atoms with Gasteiger partial charge in [-0.3, -0.25) is 4.79 Å². The maximum absolute atomic E-state index is 11.4. The molecule has 8 heteroatoms. The number of nitrogens with zero attached hydrogens (tertiary/aromatic N) is 2. The van der Waals surface area contributed by atoms with Gasteiger partial charge in [0.1, 0.15) is 9.84 Å². The molecule has 0 aliphatic heterocycles. The van der Waals surface area contributed by atoms with Crippen LogP contribution in [-0.4, -0.2) is 40.8 Å². The van der Waals surface area contributed by atoms with E-state index in [4.69, 9.17) is 5.11 Å². The maximum Gasteiger partial charge on any atom is 0.356 e. The molecule has 0 unspecified atom stereocenters. The molecule has 1 aromatic heterocycles. The van der Waals surface area contributed by atoms with Crippen LogP contribution in [-0.2, 0) is 16.4 Å². The molecule has 1 aromatic rings. The normalized spacial score (nSPS) is 11.4. The summed E-state index contributed by atoms with van der Waals surface area (Å²) in [5, 5.41) is 12.3. The smallest absolute Gasteiger partial charge is 0.356 e. The zero-order valence-corrected chi connectivity index (χ0v) is 10.7. The van der Waals surface area contributed by atoms with Crippen LogP contribution in [0.4, 0.5) is 0 Å². The Morgan fingerprint density at radius 2 is 2.11 bits per heavy atom. The topological polar surface area (TPSA) is 106 Å². The molecule has 1 rings (SSSR count). The number of rotatable bonds is 6. The molecule has 100 valence electrons. The fraction of sp³-hybridized carbons (Fsp3) is 0.500. The first-order valence-electron chi connectivity index (χ1n) is 5.37. The molecule has 0 aliphatic rings. The Labute approximate surface area is 104 Å². The molecule has 0 aromatic carbocycles. The average molecular weight is 274 g/mol. The fourth-order valence-electron chi connectivity index (χ4n) is 1.30. The van der Waals surface area contributed by atoms with Gasteiger partial charge in [0.25, 0.3) is 5.56 Å². The molecule has 0 saturated carbocycles. The fourth-order valence-corrected chi connectivity index (χ4v) is 2.16. The quantitative estimate of drug-likeness (QED) is 0.767. The monoisotopic (exact) mass is 274 g/mol. The van der Waals surface area contributed by atoms with E-state index >= 15 is 0 Å². The van der Waals surface area contributed by atoms with Crippen LogP contribution >= 0.6 is 0 Å². The lowest BCUT2D eigenvalue weighted by Gasteiger charge is -2.05. The van der Waals surface area contributed by atoms with E-state index in [-0.39, 0.29) is 30.2 Å². The molecule has 18 heavy (non-hydrogen) atoms. The minimum atomic E-state index is -3.09. The number of aromatic carboxylic acids is 1. The summed E-state index contributed by atoms with van der Waals surface area (Å²) in [5.74, 6) is -1.23. The third-order valence-corrected chi connectivity index (χ3v) is 4.14. The molecule has 0 radical (unpaired) electrons. The van der Waals surface area contributed by atoms with Crippen molar-refractivity contribution in [3.8, 4) is 0 Å². The molecule has 7 nitrogen and oxygen atoms in total. The second-order valence-electron chi connectivity index (χ2n) is 3.68. The minimum Gasteiger partial charge on any atom is -0.476 e. The predicted octanol–water partition coefficient (Wildman–Crippen LogP) is -0.234. The first-order chi connectivity index (χ1) is 8.35. The van der Waals surface area contributed by atoms with Crippen molar-refractivity contribution in [1.29, 1.82) is 0 Å². The van der Waals surface area contributed by atoms with Crippen molar-refractivity contribution in [2.45, 2.75) is 19.9 Å². The summed E-state index contributed by atoms with van der Waals surface area (Å²) in [5.41, 5.74) is -0.693. The van der Waals surface area contributed by atoms with Crippen molar-refractivity contribution in [3.05, 3.63) is 28.2 Å². The van der Waals surface area contributed by atoms with Crippen LogP contribution in [0.1, 0.15) is 23.8 Å². The summed E-state index contributed by atoms with van der Waals surface area (Å²) in [7, 11) is -3.09. The largest absolute Gasteiger partial charge is 0.476 e. The lowest BCUT2D eigenvalue weighted by molar-refractivity contribution is 0.0687. The molecule has 0 atom stereocenters. The van der Waals surface area contributed by atoms with Crippen LogP contribution in [0.15, 0.2) is 16.9 Å². The average Bonchev–Trinajstić information content (AvgIpc) is 2.31. The van der Waals surface area contributed by atoms with Gasteiger partial charge in [0.15, 0.2) is 5.69 Å². The third kappa shape index (κ3) is 3.95. The number of aromatic nitrogens is 2. The predicted molar refractivity (Wildman–Crippen MR) is 64.4 cm³/mol. The number of carboxylic acids is 1. The van der Waals surface area contributed by atoms with Gasteiger partial charge in [-0.15, -0.1) is 0 Å². The highest BCUT2D eigenvalue weighted by Gasteiger charge is 2.10. The number of sulfone groups is 1. The molecule has 1 heterocycles. The first-order valence-corrected chi connectivity index (χ1v) is 7.20. The third-order valence-electron chi connectivity index (χ3n) is 2.35. The molecule has 0 bridgehead atoms. The molecular formula is C10H14N2O5S. The summed E-state index contributed by atoms with van der Waals surface area (Å²) in [4.78, 5) is 22.0. The second kappa shape index (κ2) is 5.76. The van der Waals surface area contributed by atoms with Gasteiger partial charge < -0.3 is 5.11 Å². The van der Waals surface area contributed by atoms with Gasteiger partial charge in [-0.25, -0.2) is 17.9 Å². The van der Waals surface area contributed by atoms with Crippen LogP contribution in [0.25, 0.3) is 0 Å². The van der Waals surface area contributed by atoms with Crippen LogP contribution in [0.3, 0.4) is 0 Å². The summed E-state index contributed by atoms with van der Waals surface area (Å²) in [6.45, 7) is 1.63. The van der Waals surface area contributed by atoms with Crippen molar-refractivity contribution >= 4 is 15.8 Å². The van der Waals surface area contributed by atoms with E-state index in [2.05, 4.69) is 5.10 Å². The number of hydrogen-bond acceptors (Lipinski definition) is 5. The van der Waals surface area contributed by atoms with Gasteiger partial charge in [-0.1, -0.05) is 6.92 Å². The Bertz CT molecular complexity index is 591. The van der Waals surface area contributed by atoms with Gasteiger partial charge in [0.05, 0.1) is 5.75 Å². The van der Waals surface area contributed by atoms with Gasteiger partial charge in [-0.2, -0.15) is 5.10 Å². The first kappa shape index (κ1) is 14.4. The molecule has 1 N–H and O–H groups in total. The van der Waals surface area contributed by atoms with Crippen molar-refractivity contribution in [2.75, 3.05) is 11.5 Å². The Kier molecular flexibility index (Phi) is 4.60. The van der Waals surface area contributed by atoms with E-state index in [1.165, 1.54) is 0 Å². The van der Waals surface area contributed by atoms with Crippen molar-refractivity contribution < 1.29 is 18.3 Å². The SMILES string of the molecule is CCS(=O)(=O)CCCn1nc(C(=O)O)ccc1=O. The molecular weight excluding hydrogens is 260 g/mol. The zero-order valence-electron chi connectivity index (χ0n) is 9.87. The van der Waals surface area contributed by atoms with Gasteiger partial charge >= 0.3 is 5.97 Å². The lowest BCUT2D eigenvalue weighted by Crippen LogP contribution is -2.25. The minimum absolute atomic E-state index is 0.0461. The van der Waals surface area contributed by atoms with E-state index in [0.717, 1.165) is 16.8 Å². The summed E-state index contributed by atoms with van der Waals surface area (Å²) < 4.78 is 23.5. The summed E-state index contributed by atoms with van der Waals surface area (Å²) in [6, 6.07) is 2.22. The maximum atomic E-state index is 11.4. The highest BCUT2D eigenvalue weighted by atomic mass is 32.2. The Morgan fingerprint density at radius 1 is 1.44 bits per heavy atom. The molecule has 0 amide bonds. The van der Waals surface area contributed by atoms with Gasteiger partial charge in [-0.05, 0) is 12.5 Å². The van der Waals surface area contributed by atoms with Crippen LogP contribution in [0.2, 0.25) is 0 Å². The Morgan fingerprint density at radius 3 is 2.67 bits per heavy atom. The highest BCUT2D eigenvalue weighted by Crippen LogP contribution is 1.96. The number of hydrogen-bond donors (Lipinski definition) is 1. The van der Waals surface area contributed by atoms with Gasteiger partial charge in [0.2, 0.25) is 0 Å². The Hall–Kier alpha value is -1.70. The molecule has 0 fully saturated rings. The van der Waals surface area contributed by atoms with Gasteiger partial charge in [0, 0.05) is 18.4 Å². The summed E-state index contributed by atoms with van der Waals surface area (Å²) >= 11 is 0. The van der Waals surface area contributed by atoms with Crippen molar-refractivity contribution in [3.63, 3.8) is 0 Å². The Balaban J connectivity index is 2.76. The van der Waals surface area contributed by atoms with E-state index in [0.29, 0.717) is 0 Å². The lowest BCUT2D eigenvalue weighted by atomic mass is 10.4. The standard InChI is InChI=1S/C10H14N2O5S/c1-2-18(16,17)7-3-6-12-9(13)5-4-8(11-12)10(14)15/h4-5H,2-3,6-7H2,1H3,(H,14,15). The zero-order chi connectivity index (χ0) is 13.8. The van der Waals surface area contributed by atoms with E-state index in [1.54, 1.807) is 6.92 Å². The van der Waals surface area contributed by atoms with E-state index in [9.17, 15) is 18.0 Å². The summed E-state index contributed by atoms with van der Waals surface area (Å²) in [6.07, 6.45) is 0.228. The molecule has 0 aliphatic carbocycles. The van der Waals surface area contributed by atoms with Crippen molar-refractivity contribution in [1.82, 2.24) is 9.78 Å². The molecule has 0 spiro atoms. The van der Waals surface area contributed by atoms with E-state index < -0.39 is 21.4 Å².